The minimum absolute atomic E-state index is 0.157. The Labute approximate surface area is 141 Å². The maximum atomic E-state index is 12.1. The first-order chi connectivity index (χ1) is 10.4. The summed E-state index contributed by atoms with van der Waals surface area (Å²) in [6, 6.07) is 3.56. The van der Waals surface area contributed by atoms with Crippen molar-refractivity contribution < 1.29 is 19.1 Å². The van der Waals surface area contributed by atoms with E-state index in [9.17, 15) is 9.59 Å². The Morgan fingerprint density at radius 2 is 1.95 bits per heavy atom. The van der Waals surface area contributed by atoms with E-state index in [1.54, 1.807) is 10.6 Å². The fraction of sp³-hybridized carbons (Fsp3) is 0.333. The highest BCUT2D eigenvalue weighted by atomic mass is 79.9. The Balaban J connectivity index is 2.67. The molecule has 0 aliphatic rings. The zero-order chi connectivity index (χ0) is 16.4. The van der Waals surface area contributed by atoms with Gasteiger partial charge in [0.15, 0.2) is 0 Å². The number of hydrogen-bond donors (Lipinski definition) is 0. The summed E-state index contributed by atoms with van der Waals surface area (Å²) in [6.45, 7) is 2.14. The van der Waals surface area contributed by atoms with Crippen LogP contribution in [0.2, 0.25) is 5.02 Å². The van der Waals surface area contributed by atoms with Gasteiger partial charge in [-0.2, -0.15) is 0 Å². The molecule has 2 rings (SSSR count). The van der Waals surface area contributed by atoms with E-state index in [2.05, 4.69) is 20.7 Å². The second-order valence-corrected chi connectivity index (χ2v) is 5.90. The summed E-state index contributed by atoms with van der Waals surface area (Å²) >= 11 is 9.59. The summed E-state index contributed by atoms with van der Waals surface area (Å²) in [5.74, 6) is -0.801. The van der Waals surface area contributed by atoms with Crippen LogP contribution in [0.5, 0.6) is 0 Å². The Morgan fingerprint density at radius 1 is 1.27 bits per heavy atom. The Kier molecular flexibility index (Phi) is 5.13. The second kappa shape index (κ2) is 6.71. The van der Waals surface area contributed by atoms with Crippen molar-refractivity contribution in [3.63, 3.8) is 0 Å². The molecule has 0 spiro atoms. The SMILES string of the molecule is COC(=O)CCn1c(C(=O)OC)c(C)c2c(Br)c(Cl)ccc21. The number of rotatable bonds is 4. The second-order valence-electron chi connectivity index (χ2n) is 4.70. The van der Waals surface area contributed by atoms with Gasteiger partial charge in [0.25, 0.3) is 0 Å². The summed E-state index contributed by atoms with van der Waals surface area (Å²) in [4.78, 5) is 23.5. The van der Waals surface area contributed by atoms with Crippen LogP contribution in [-0.2, 0) is 20.8 Å². The van der Waals surface area contributed by atoms with E-state index in [1.165, 1.54) is 14.2 Å². The molecule has 0 aliphatic carbocycles. The maximum absolute atomic E-state index is 12.1. The van der Waals surface area contributed by atoms with E-state index in [0.717, 1.165) is 16.5 Å². The number of esters is 2. The Hall–Kier alpha value is -1.53. The van der Waals surface area contributed by atoms with Gasteiger partial charge in [-0.1, -0.05) is 11.6 Å². The molecule has 0 atom stereocenters. The minimum Gasteiger partial charge on any atom is -0.469 e. The molecule has 1 aromatic carbocycles. The fourth-order valence-corrected chi connectivity index (χ4v) is 3.25. The number of aryl methyl sites for hydroxylation is 2. The molecule has 1 heterocycles. The molecule has 7 heteroatoms. The molecule has 1 aromatic heterocycles. The van der Waals surface area contributed by atoms with Gasteiger partial charge in [-0.05, 0) is 40.5 Å². The third kappa shape index (κ3) is 2.85. The van der Waals surface area contributed by atoms with Crippen LogP contribution in [0, 0.1) is 6.92 Å². The normalized spacial score (nSPS) is 10.8. The number of methoxy groups -OCH3 is 2. The molecule has 0 N–H and O–H groups in total. The molecule has 0 bridgehead atoms. The van der Waals surface area contributed by atoms with E-state index in [-0.39, 0.29) is 12.4 Å². The molecule has 2 aromatic rings. The smallest absolute Gasteiger partial charge is 0.354 e. The molecular formula is C15H15BrClNO4. The number of fused-ring (bicyclic) bond motifs is 1. The number of aromatic nitrogens is 1. The average molecular weight is 389 g/mol. The largest absolute Gasteiger partial charge is 0.469 e. The van der Waals surface area contributed by atoms with Crippen molar-refractivity contribution in [1.82, 2.24) is 4.57 Å². The van der Waals surface area contributed by atoms with Crippen LogP contribution < -0.4 is 0 Å². The zero-order valence-corrected chi connectivity index (χ0v) is 14.7. The van der Waals surface area contributed by atoms with E-state index in [4.69, 9.17) is 16.3 Å². The maximum Gasteiger partial charge on any atom is 0.354 e. The first-order valence-electron chi connectivity index (χ1n) is 6.54. The van der Waals surface area contributed by atoms with E-state index in [1.807, 2.05) is 13.0 Å². The van der Waals surface area contributed by atoms with Crippen LogP contribution in [0.4, 0.5) is 0 Å². The van der Waals surface area contributed by atoms with Crippen molar-refractivity contribution in [1.29, 1.82) is 0 Å². The number of ether oxygens (including phenoxy) is 2. The Bertz CT molecular complexity index is 754. The fourth-order valence-electron chi connectivity index (χ4n) is 2.46. The van der Waals surface area contributed by atoms with E-state index in [0.29, 0.717) is 21.7 Å². The molecule has 5 nitrogen and oxygen atoms in total. The van der Waals surface area contributed by atoms with Crippen LogP contribution in [0.3, 0.4) is 0 Å². The highest BCUT2D eigenvalue weighted by molar-refractivity contribution is 9.10. The molecule has 0 radical (unpaired) electrons. The van der Waals surface area contributed by atoms with Gasteiger partial charge in [-0.3, -0.25) is 4.79 Å². The third-order valence-corrected chi connectivity index (χ3v) is 4.88. The van der Waals surface area contributed by atoms with Crippen molar-refractivity contribution in [2.24, 2.45) is 0 Å². The van der Waals surface area contributed by atoms with Gasteiger partial charge >= 0.3 is 11.9 Å². The molecule has 0 aliphatic heterocycles. The van der Waals surface area contributed by atoms with Gasteiger partial charge < -0.3 is 14.0 Å². The monoisotopic (exact) mass is 387 g/mol. The standard InChI is InChI=1S/C15H15BrClNO4/c1-8-12-10(5-4-9(17)13(12)16)18(7-6-11(19)21-2)14(8)15(20)22-3/h4-5H,6-7H2,1-3H3. The van der Waals surface area contributed by atoms with Gasteiger partial charge in [0, 0.05) is 16.4 Å². The molecule has 0 amide bonds. The van der Waals surface area contributed by atoms with Crippen LogP contribution in [0.25, 0.3) is 10.9 Å². The Morgan fingerprint density at radius 3 is 2.55 bits per heavy atom. The van der Waals surface area contributed by atoms with E-state index >= 15 is 0 Å². The highest BCUT2D eigenvalue weighted by Gasteiger charge is 2.23. The summed E-state index contributed by atoms with van der Waals surface area (Å²) in [5, 5.41) is 1.38. The number of benzene rings is 1. The highest BCUT2D eigenvalue weighted by Crippen LogP contribution is 2.36. The van der Waals surface area contributed by atoms with Crippen molar-refractivity contribution in [3.8, 4) is 0 Å². The summed E-state index contributed by atoms with van der Waals surface area (Å²) in [5.41, 5.74) is 1.96. The van der Waals surface area contributed by atoms with Crippen molar-refractivity contribution >= 4 is 50.4 Å². The van der Waals surface area contributed by atoms with Crippen LogP contribution >= 0.6 is 27.5 Å². The summed E-state index contributed by atoms with van der Waals surface area (Å²) in [6.07, 6.45) is 0.157. The molecule has 0 saturated heterocycles. The van der Waals surface area contributed by atoms with Crippen molar-refractivity contribution in [2.75, 3.05) is 14.2 Å². The molecule has 22 heavy (non-hydrogen) atoms. The zero-order valence-electron chi connectivity index (χ0n) is 12.4. The first-order valence-corrected chi connectivity index (χ1v) is 7.71. The summed E-state index contributed by atoms with van der Waals surface area (Å²) < 4.78 is 12.0. The van der Waals surface area contributed by atoms with Gasteiger partial charge in [0.2, 0.25) is 0 Å². The quantitative estimate of drug-likeness (QED) is 0.749. The molecule has 0 fully saturated rings. The summed E-state index contributed by atoms with van der Waals surface area (Å²) in [7, 11) is 2.66. The topological polar surface area (TPSA) is 57.5 Å². The van der Waals surface area contributed by atoms with Gasteiger partial charge in [0.1, 0.15) is 5.69 Å². The van der Waals surface area contributed by atoms with Crippen molar-refractivity contribution in [3.05, 3.63) is 32.9 Å². The number of hydrogen-bond acceptors (Lipinski definition) is 4. The molecule has 118 valence electrons. The average Bonchev–Trinajstić information content (AvgIpc) is 2.80. The lowest BCUT2D eigenvalue weighted by Gasteiger charge is -2.09. The number of nitrogens with zero attached hydrogens (tertiary/aromatic N) is 1. The van der Waals surface area contributed by atoms with Crippen LogP contribution in [0.1, 0.15) is 22.5 Å². The molecular weight excluding hydrogens is 374 g/mol. The lowest BCUT2D eigenvalue weighted by atomic mass is 10.1. The minimum atomic E-state index is -0.457. The first kappa shape index (κ1) is 16.8. The van der Waals surface area contributed by atoms with Gasteiger partial charge in [-0.25, -0.2) is 4.79 Å². The molecule has 0 unspecified atom stereocenters. The number of carbonyl (C=O) groups is 2. The number of halogens is 2. The predicted molar refractivity (Wildman–Crippen MR) is 87.4 cm³/mol. The third-order valence-electron chi connectivity index (χ3n) is 3.51. The van der Waals surface area contributed by atoms with Gasteiger partial charge in [-0.15, -0.1) is 0 Å². The van der Waals surface area contributed by atoms with Crippen LogP contribution in [0.15, 0.2) is 16.6 Å². The lowest BCUT2D eigenvalue weighted by molar-refractivity contribution is -0.140. The predicted octanol–water partition coefficient (Wildman–Crippen LogP) is 3.72. The lowest BCUT2D eigenvalue weighted by Crippen LogP contribution is -2.14. The van der Waals surface area contributed by atoms with E-state index < -0.39 is 5.97 Å². The van der Waals surface area contributed by atoms with Crippen LogP contribution in [-0.4, -0.2) is 30.7 Å². The van der Waals surface area contributed by atoms with Gasteiger partial charge in [0.05, 0.1) is 31.2 Å². The molecule has 0 saturated carbocycles. The number of carbonyl (C=O) groups excluding carboxylic acids is 2. The van der Waals surface area contributed by atoms with Crippen molar-refractivity contribution in [2.45, 2.75) is 19.9 Å².